The molecular formula is C11H12O3S. The highest BCUT2D eigenvalue weighted by Crippen LogP contribution is 2.32. The molecule has 0 saturated heterocycles. The molecule has 1 heterocycles. The molecule has 15 heavy (non-hydrogen) atoms. The molecular weight excluding hydrogens is 212 g/mol. The van der Waals surface area contributed by atoms with Gasteiger partial charge in [-0.15, -0.1) is 0 Å². The van der Waals surface area contributed by atoms with E-state index in [2.05, 4.69) is 0 Å². The highest BCUT2D eigenvalue weighted by molar-refractivity contribution is 7.99. The van der Waals surface area contributed by atoms with E-state index in [0.717, 1.165) is 11.5 Å². The van der Waals surface area contributed by atoms with Crippen molar-refractivity contribution in [2.75, 3.05) is 18.3 Å². The Bertz CT molecular complexity index is 376. The quantitative estimate of drug-likeness (QED) is 0.735. The maximum absolute atomic E-state index is 11.7. The van der Waals surface area contributed by atoms with Gasteiger partial charge in [0.2, 0.25) is 6.79 Å². The van der Waals surface area contributed by atoms with Gasteiger partial charge in [0, 0.05) is 5.56 Å². The zero-order valence-electron chi connectivity index (χ0n) is 8.49. The molecule has 0 radical (unpaired) electrons. The predicted octanol–water partition coefficient (Wildman–Crippen LogP) is 2.35. The fraction of sp³-hybridized carbons (Fsp3) is 0.364. The third kappa shape index (κ3) is 2.26. The van der Waals surface area contributed by atoms with Crippen LogP contribution in [0.5, 0.6) is 11.5 Å². The van der Waals surface area contributed by atoms with E-state index in [1.807, 2.05) is 6.92 Å². The molecule has 0 aromatic heterocycles. The molecule has 0 aliphatic carbocycles. The van der Waals surface area contributed by atoms with Crippen LogP contribution >= 0.6 is 11.8 Å². The first-order chi connectivity index (χ1) is 7.31. The van der Waals surface area contributed by atoms with Gasteiger partial charge in [-0.25, -0.2) is 0 Å². The fourth-order valence-electron chi connectivity index (χ4n) is 1.35. The average Bonchev–Trinajstić information content (AvgIpc) is 2.72. The van der Waals surface area contributed by atoms with Crippen LogP contribution in [0.2, 0.25) is 0 Å². The molecule has 1 aromatic rings. The summed E-state index contributed by atoms with van der Waals surface area (Å²) in [4.78, 5) is 11.7. The first kappa shape index (κ1) is 10.4. The van der Waals surface area contributed by atoms with E-state index < -0.39 is 0 Å². The zero-order chi connectivity index (χ0) is 10.7. The number of carbonyl (C=O) groups is 1. The summed E-state index contributed by atoms with van der Waals surface area (Å²) in [5, 5.41) is 0. The summed E-state index contributed by atoms with van der Waals surface area (Å²) in [5.41, 5.74) is 0.695. The summed E-state index contributed by atoms with van der Waals surface area (Å²) in [7, 11) is 0. The molecule has 0 saturated carbocycles. The third-order valence-corrected chi connectivity index (χ3v) is 3.01. The van der Waals surface area contributed by atoms with E-state index in [1.54, 1.807) is 30.0 Å². The van der Waals surface area contributed by atoms with Gasteiger partial charge >= 0.3 is 0 Å². The van der Waals surface area contributed by atoms with Crippen molar-refractivity contribution < 1.29 is 14.3 Å². The van der Waals surface area contributed by atoms with Crippen molar-refractivity contribution in [3.63, 3.8) is 0 Å². The summed E-state index contributed by atoms with van der Waals surface area (Å²) >= 11 is 1.62. The largest absolute Gasteiger partial charge is 0.454 e. The predicted molar refractivity (Wildman–Crippen MR) is 59.9 cm³/mol. The number of rotatable bonds is 4. The maximum Gasteiger partial charge on any atom is 0.231 e. The lowest BCUT2D eigenvalue weighted by molar-refractivity contribution is 0.102. The van der Waals surface area contributed by atoms with Crippen LogP contribution in [0.25, 0.3) is 0 Å². The van der Waals surface area contributed by atoms with Gasteiger partial charge in [-0.1, -0.05) is 6.92 Å². The van der Waals surface area contributed by atoms with Crippen molar-refractivity contribution in [1.82, 2.24) is 0 Å². The van der Waals surface area contributed by atoms with Crippen LogP contribution in [0.4, 0.5) is 0 Å². The maximum atomic E-state index is 11.7. The third-order valence-electron chi connectivity index (χ3n) is 2.13. The number of thioether (sulfide) groups is 1. The molecule has 0 spiro atoms. The number of hydrogen-bond acceptors (Lipinski definition) is 4. The van der Waals surface area contributed by atoms with Gasteiger partial charge in [-0.05, 0) is 24.0 Å². The lowest BCUT2D eigenvalue weighted by Crippen LogP contribution is -2.02. The molecule has 2 rings (SSSR count). The van der Waals surface area contributed by atoms with Crippen molar-refractivity contribution in [3.05, 3.63) is 23.8 Å². The monoisotopic (exact) mass is 224 g/mol. The molecule has 0 unspecified atom stereocenters. The van der Waals surface area contributed by atoms with Gasteiger partial charge in [0.15, 0.2) is 17.3 Å². The number of carbonyl (C=O) groups excluding carboxylic acids is 1. The summed E-state index contributed by atoms with van der Waals surface area (Å²) < 4.78 is 10.4. The number of benzene rings is 1. The lowest BCUT2D eigenvalue weighted by atomic mass is 10.1. The zero-order valence-corrected chi connectivity index (χ0v) is 9.30. The molecule has 0 atom stereocenters. The second-order valence-electron chi connectivity index (χ2n) is 3.13. The number of ether oxygens (including phenoxy) is 2. The minimum Gasteiger partial charge on any atom is -0.454 e. The second kappa shape index (κ2) is 4.57. The Balaban J connectivity index is 2.12. The first-order valence-electron chi connectivity index (χ1n) is 4.82. The van der Waals surface area contributed by atoms with Gasteiger partial charge in [0.25, 0.3) is 0 Å². The van der Waals surface area contributed by atoms with Crippen molar-refractivity contribution in [2.45, 2.75) is 6.92 Å². The van der Waals surface area contributed by atoms with Gasteiger partial charge in [0.05, 0.1) is 5.75 Å². The van der Waals surface area contributed by atoms with E-state index in [4.69, 9.17) is 9.47 Å². The molecule has 80 valence electrons. The molecule has 1 aliphatic rings. The molecule has 1 aliphatic heterocycles. The fourth-order valence-corrected chi connectivity index (χ4v) is 1.90. The van der Waals surface area contributed by atoms with Crippen molar-refractivity contribution in [2.24, 2.45) is 0 Å². The van der Waals surface area contributed by atoms with Crippen molar-refractivity contribution in [1.29, 1.82) is 0 Å². The Morgan fingerprint density at radius 3 is 3.00 bits per heavy atom. The van der Waals surface area contributed by atoms with Crippen LogP contribution in [-0.4, -0.2) is 24.1 Å². The normalized spacial score (nSPS) is 12.9. The topological polar surface area (TPSA) is 35.5 Å². The van der Waals surface area contributed by atoms with Crippen LogP contribution in [0, 0.1) is 0 Å². The smallest absolute Gasteiger partial charge is 0.231 e. The molecule has 4 heteroatoms. The van der Waals surface area contributed by atoms with E-state index in [-0.39, 0.29) is 12.6 Å². The molecule has 3 nitrogen and oxygen atoms in total. The second-order valence-corrected chi connectivity index (χ2v) is 4.40. The van der Waals surface area contributed by atoms with Crippen LogP contribution in [0.1, 0.15) is 17.3 Å². The van der Waals surface area contributed by atoms with Crippen molar-refractivity contribution in [3.8, 4) is 11.5 Å². The van der Waals surface area contributed by atoms with Crippen molar-refractivity contribution >= 4 is 17.5 Å². The number of hydrogen-bond donors (Lipinski definition) is 0. The number of ketones is 1. The van der Waals surface area contributed by atoms with Gasteiger partial charge in [0.1, 0.15) is 0 Å². The van der Waals surface area contributed by atoms with Gasteiger partial charge < -0.3 is 9.47 Å². The molecule has 0 amide bonds. The van der Waals surface area contributed by atoms with E-state index in [9.17, 15) is 4.79 Å². The number of fused-ring (bicyclic) bond motifs is 1. The van der Waals surface area contributed by atoms with Crippen LogP contribution < -0.4 is 9.47 Å². The SMILES string of the molecule is CCSCC(=O)c1ccc2c(c1)OCO2. The van der Waals surface area contributed by atoms with Crippen LogP contribution in [0.15, 0.2) is 18.2 Å². The van der Waals surface area contributed by atoms with E-state index in [1.165, 1.54) is 0 Å². The van der Waals surface area contributed by atoms with Crippen LogP contribution in [0.3, 0.4) is 0 Å². The van der Waals surface area contributed by atoms with Gasteiger partial charge in [-0.2, -0.15) is 11.8 Å². The van der Waals surface area contributed by atoms with Gasteiger partial charge in [-0.3, -0.25) is 4.79 Å². The summed E-state index contributed by atoms with van der Waals surface area (Å²) in [5.74, 6) is 3.00. The van der Waals surface area contributed by atoms with E-state index in [0.29, 0.717) is 17.1 Å². The summed E-state index contributed by atoms with van der Waals surface area (Å²) in [6, 6.07) is 5.32. The Morgan fingerprint density at radius 2 is 2.20 bits per heavy atom. The lowest BCUT2D eigenvalue weighted by Gasteiger charge is -2.01. The molecule has 0 fully saturated rings. The summed E-state index contributed by atoms with van der Waals surface area (Å²) in [6.45, 7) is 2.29. The minimum atomic E-state index is 0.139. The highest BCUT2D eigenvalue weighted by atomic mass is 32.2. The standard InChI is InChI=1S/C11H12O3S/c1-2-15-6-9(12)8-3-4-10-11(5-8)14-7-13-10/h3-5H,2,6-7H2,1H3. The number of Topliss-reactive ketones (excluding diaryl/α,β-unsaturated/α-hetero) is 1. The minimum absolute atomic E-state index is 0.139. The first-order valence-corrected chi connectivity index (χ1v) is 5.97. The molecule has 0 bridgehead atoms. The summed E-state index contributed by atoms with van der Waals surface area (Å²) in [6.07, 6.45) is 0. The van der Waals surface area contributed by atoms with Crippen LogP contribution in [-0.2, 0) is 0 Å². The average molecular weight is 224 g/mol. The highest BCUT2D eigenvalue weighted by Gasteiger charge is 2.15. The Hall–Kier alpha value is -1.16. The van der Waals surface area contributed by atoms with E-state index >= 15 is 0 Å². The Labute approximate surface area is 92.8 Å². The Morgan fingerprint density at radius 1 is 1.40 bits per heavy atom. The molecule has 0 N–H and O–H groups in total. The Kier molecular flexibility index (Phi) is 3.16. The molecule has 1 aromatic carbocycles.